The van der Waals surface area contributed by atoms with Gasteiger partial charge in [-0.15, -0.1) is 0 Å². The predicted octanol–water partition coefficient (Wildman–Crippen LogP) is 3.13. The summed E-state index contributed by atoms with van der Waals surface area (Å²) in [6, 6.07) is 0. The van der Waals surface area contributed by atoms with Gasteiger partial charge in [0.15, 0.2) is 0 Å². The molecular weight excluding hydrogens is 242 g/mol. The lowest BCUT2D eigenvalue weighted by Gasteiger charge is -1.96. The van der Waals surface area contributed by atoms with E-state index in [2.05, 4.69) is 32.9 Å². The van der Waals surface area contributed by atoms with Gasteiger partial charge in [-0.1, -0.05) is 13.8 Å². The van der Waals surface area contributed by atoms with E-state index in [4.69, 9.17) is 0 Å². The molecule has 0 bridgehead atoms. The molecule has 14 heavy (non-hydrogen) atoms. The van der Waals surface area contributed by atoms with Gasteiger partial charge in [-0.3, -0.25) is 0 Å². The molecule has 2 aromatic heterocycles. The third-order valence-electron chi connectivity index (χ3n) is 1.95. The van der Waals surface area contributed by atoms with Gasteiger partial charge in [0.25, 0.3) is 0 Å². The van der Waals surface area contributed by atoms with Crippen LogP contribution in [0.1, 0.15) is 25.1 Å². The van der Waals surface area contributed by atoms with Crippen molar-refractivity contribution in [2.24, 2.45) is 0 Å². The van der Waals surface area contributed by atoms with Gasteiger partial charge in [-0.2, -0.15) is 5.10 Å². The molecule has 0 aromatic carbocycles. The Balaban J connectivity index is 0.000000461. The van der Waals surface area contributed by atoms with Crippen molar-refractivity contribution in [3.05, 3.63) is 28.3 Å². The normalized spacial score (nSPS) is 9.79. The molecule has 2 rings (SSSR count). The molecule has 0 aliphatic carbocycles. The molecule has 0 amide bonds. The molecule has 0 aliphatic heterocycles. The van der Waals surface area contributed by atoms with Crippen molar-refractivity contribution in [3.63, 3.8) is 0 Å². The Labute approximate surface area is 92.3 Å². The lowest BCUT2D eigenvalue weighted by molar-refractivity contribution is 0.885. The van der Waals surface area contributed by atoms with Crippen LogP contribution in [0.2, 0.25) is 0 Å². The first-order chi connectivity index (χ1) is 6.70. The fourth-order valence-corrected chi connectivity index (χ4v) is 1.69. The van der Waals surface area contributed by atoms with Gasteiger partial charge in [0.1, 0.15) is 6.33 Å². The van der Waals surface area contributed by atoms with Crippen molar-refractivity contribution >= 4 is 21.4 Å². The van der Waals surface area contributed by atoms with Gasteiger partial charge in [-0.25, -0.2) is 9.50 Å². The van der Waals surface area contributed by atoms with E-state index < -0.39 is 0 Å². The Morgan fingerprint density at radius 1 is 1.29 bits per heavy atom. The predicted molar refractivity (Wildman–Crippen MR) is 61.5 cm³/mol. The topological polar surface area (TPSA) is 30.2 Å². The molecule has 0 saturated heterocycles. The van der Waals surface area contributed by atoms with Gasteiger partial charge in [0, 0.05) is 10.7 Å². The summed E-state index contributed by atoms with van der Waals surface area (Å²) in [5.41, 5.74) is 3.28. The molecule has 0 fully saturated rings. The number of rotatable bonds is 0. The van der Waals surface area contributed by atoms with Crippen molar-refractivity contribution < 1.29 is 0 Å². The van der Waals surface area contributed by atoms with E-state index in [1.54, 1.807) is 6.33 Å². The zero-order valence-corrected chi connectivity index (χ0v) is 10.5. The number of fused-ring (bicyclic) bond motifs is 1. The van der Waals surface area contributed by atoms with Crippen LogP contribution >= 0.6 is 15.9 Å². The third kappa shape index (κ3) is 1.80. The van der Waals surface area contributed by atoms with Crippen molar-refractivity contribution in [3.8, 4) is 0 Å². The first kappa shape index (κ1) is 11.2. The zero-order valence-electron chi connectivity index (χ0n) is 8.87. The monoisotopic (exact) mass is 255 g/mol. The van der Waals surface area contributed by atoms with Gasteiger partial charge < -0.3 is 0 Å². The third-order valence-corrected chi connectivity index (χ3v) is 2.75. The largest absolute Gasteiger partial charge is 0.238 e. The summed E-state index contributed by atoms with van der Waals surface area (Å²) < 4.78 is 2.91. The van der Waals surface area contributed by atoms with Crippen LogP contribution in [-0.4, -0.2) is 14.6 Å². The average molecular weight is 256 g/mol. The number of aromatic nitrogens is 3. The Morgan fingerprint density at radius 2 is 1.93 bits per heavy atom. The summed E-state index contributed by atoms with van der Waals surface area (Å²) in [5, 5.41) is 4.10. The molecule has 0 N–H and O–H groups in total. The summed E-state index contributed by atoms with van der Waals surface area (Å²) in [4.78, 5) is 4.13. The van der Waals surface area contributed by atoms with Crippen molar-refractivity contribution in [1.29, 1.82) is 0 Å². The summed E-state index contributed by atoms with van der Waals surface area (Å²) in [5.74, 6) is 0. The van der Waals surface area contributed by atoms with Crippen LogP contribution in [0.4, 0.5) is 0 Å². The first-order valence-electron chi connectivity index (χ1n) is 4.65. The average Bonchev–Trinajstić information content (AvgIpc) is 2.47. The first-order valence-corrected chi connectivity index (χ1v) is 5.44. The van der Waals surface area contributed by atoms with Crippen LogP contribution in [0, 0.1) is 13.8 Å². The molecule has 0 unspecified atom stereocenters. The Morgan fingerprint density at radius 3 is 2.50 bits per heavy atom. The quantitative estimate of drug-likeness (QED) is 0.724. The summed E-state index contributed by atoms with van der Waals surface area (Å²) in [6.07, 6.45) is 3.51. The summed E-state index contributed by atoms with van der Waals surface area (Å²) in [7, 11) is 0. The van der Waals surface area contributed by atoms with Gasteiger partial charge in [0.2, 0.25) is 0 Å². The van der Waals surface area contributed by atoms with Crippen LogP contribution in [0.3, 0.4) is 0 Å². The summed E-state index contributed by atoms with van der Waals surface area (Å²) in [6.45, 7) is 8.03. The van der Waals surface area contributed by atoms with Crippen LogP contribution < -0.4 is 0 Å². The molecule has 3 nitrogen and oxygen atoms in total. The second-order valence-corrected chi connectivity index (χ2v) is 3.60. The molecule has 4 heteroatoms. The van der Waals surface area contributed by atoms with E-state index in [9.17, 15) is 0 Å². The molecule has 0 aliphatic rings. The van der Waals surface area contributed by atoms with Crippen molar-refractivity contribution in [2.75, 3.05) is 0 Å². The molecule has 2 heterocycles. The molecule has 76 valence electrons. The highest BCUT2D eigenvalue weighted by Gasteiger charge is 2.06. The fraction of sp³-hybridized carbons (Fsp3) is 0.400. The van der Waals surface area contributed by atoms with Crippen LogP contribution in [0.5, 0.6) is 0 Å². The lowest BCUT2D eigenvalue weighted by atomic mass is 10.3. The minimum atomic E-state index is 1.01. The van der Waals surface area contributed by atoms with E-state index in [0.29, 0.717) is 0 Å². The molecular formula is C10H14BrN3. The number of aryl methyl sites for hydroxylation is 2. The number of halogens is 1. The number of hydrogen-bond donors (Lipinski definition) is 0. The van der Waals surface area contributed by atoms with E-state index in [1.165, 1.54) is 5.56 Å². The molecule has 2 aromatic rings. The van der Waals surface area contributed by atoms with Gasteiger partial charge in [0.05, 0.1) is 11.2 Å². The standard InChI is InChI=1S/C8H8BrN3.C2H6/c1-5-7(9)3-12-8(5)6(2)10-4-11-12;1-2/h3-4H,1-2H3;1-2H3. The Hall–Kier alpha value is -0.900. The Bertz CT molecular complexity index is 434. The van der Waals surface area contributed by atoms with E-state index >= 15 is 0 Å². The van der Waals surface area contributed by atoms with E-state index in [-0.39, 0.29) is 0 Å². The maximum Gasteiger partial charge on any atom is 0.136 e. The Kier molecular flexibility index (Phi) is 3.63. The van der Waals surface area contributed by atoms with E-state index in [1.807, 2.05) is 31.5 Å². The minimum Gasteiger partial charge on any atom is -0.238 e. The summed E-state index contributed by atoms with van der Waals surface area (Å²) >= 11 is 3.45. The molecule has 0 saturated carbocycles. The van der Waals surface area contributed by atoms with Crippen LogP contribution in [0.25, 0.3) is 5.52 Å². The molecule has 0 atom stereocenters. The zero-order chi connectivity index (χ0) is 10.7. The smallest absolute Gasteiger partial charge is 0.136 e. The second kappa shape index (κ2) is 4.55. The highest BCUT2D eigenvalue weighted by Crippen LogP contribution is 2.22. The molecule has 0 radical (unpaired) electrons. The van der Waals surface area contributed by atoms with Crippen molar-refractivity contribution in [1.82, 2.24) is 14.6 Å². The number of nitrogens with zero attached hydrogens (tertiary/aromatic N) is 3. The maximum absolute atomic E-state index is 4.13. The maximum atomic E-state index is 4.13. The van der Waals surface area contributed by atoms with Gasteiger partial charge >= 0.3 is 0 Å². The van der Waals surface area contributed by atoms with E-state index in [0.717, 1.165) is 15.7 Å². The lowest BCUT2D eigenvalue weighted by Crippen LogP contribution is -1.94. The highest BCUT2D eigenvalue weighted by molar-refractivity contribution is 9.10. The minimum absolute atomic E-state index is 1.01. The second-order valence-electron chi connectivity index (χ2n) is 2.74. The van der Waals surface area contributed by atoms with Gasteiger partial charge in [-0.05, 0) is 35.3 Å². The molecule has 0 spiro atoms. The van der Waals surface area contributed by atoms with Crippen molar-refractivity contribution in [2.45, 2.75) is 27.7 Å². The van der Waals surface area contributed by atoms with Crippen LogP contribution in [0.15, 0.2) is 17.0 Å². The highest BCUT2D eigenvalue weighted by atomic mass is 79.9. The number of hydrogen-bond acceptors (Lipinski definition) is 2. The fourth-order valence-electron chi connectivity index (χ4n) is 1.31. The van der Waals surface area contributed by atoms with Crippen LogP contribution in [-0.2, 0) is 0 Å². The SMILES string of the molecule is CC.Cc1ncnn2cc(Br)c(C)c12.